The third kappa shape index (κ3) is 42.4. The van der Waals surface area contributed by atoms with Gasteiger partial charge in [0.2, 0.25) is 41.4 Å². The van der Waals surface area contributed by atoms with Gasteiger partial charge < -0.3 is 71.2 Å². The van der Waals surface area contributed by atoms with E-state index in [1.54, 1.807) is 26.0 Å². The molecule has 582 valence electrons. The fraction of sp³-hybridized carbons (Fsp3) is 0.750. The molecule has 11 atom stereocenters. The lowest BCUT2D eigenvalue weighted by atomic mass is 9.84. The van der Waals surface area contributed by atoms with Crippen LogP contribution in [0.3, 0.4) is 0 Å². The molecule has 19 N–H and O–H groups in total. The first-order valence-corrected chi connectivity index (χ1v) is 37.8. The Labute approximate surface area is 608 Å². The van der Waals surface area contributed by atoms with Crippen LogP contribution in [-0.4, -0.2) is 143 Å². The molecule has 1 aromatic carbocycles. The molecule has 0 aliphatic carbocycles. The van der Waals surface area contributed by atoms with Gasteiger partial charge in [-0.05, 0) is 114 Å². The molecule has 0 bridgehead atoms. The molecular formula is C76H134N12O14. The number of carbonyl (C=O) groups is 12. The first kappa shape index (κ1) is 94.8. The number of aliphatic hydroxyl groups is 1. The van der Waals surface area contributed by atoms with E-state index in [4.69, 9.17) is 34.4 Å². The summed E-state index contributed by atoms with van der Waals surface area (Å²) in [4.78, 5) is 162. The lowest BCUT2D eigenvalue weighted by Gasteiger charge is -2.28. The maximum absolute atomic E-state index is 14.5. The number of nitrogens with one attached hydrogen (secondary N) is 5. The molecule has 0 fully saturated rings. The van der Waals surface area contributed by atoms with Crippen molar-refractivity contribution >= 4 is 76.2 Å². The summed E-state index contributed by atoms with van der Waals surface area (Å²) in [6.45, 7) is 17.3. The summed E-state index contributed by atoms with van der Waals surface area (Å²) in [5.41, 5.74) is 33.6. The largest absolute Gasteiger partial charge is 0.508 e. The Balaban J connectivity index is 0.00000316. The number of aliphatic hydroxyl groups excluding tert-OH is 1. The number of benzene rings is 1. The van der Waals surface area contributed by atoms with E-state index in [-0.39, 0.29) is 124 Å². The van der Waals surface area contributed by atoms with E-state index < -0.39 is 113 Å². The molecule has 0 aliphatic heterocycles. The van der Waals surface area contributed by atoms with Gasteiger partial charge in [0.25, 0.3) is 0 Å². The van der Waals surface area contributed by atoms with E-state index in [1.165, 1.54) is 77.5 Å². The van der Waals surface area contributed by atoms with Crippen LogP contribution in [0, 0.1) is 47.3 Å². The number of primary amides is 2. The number of unbranched alkanes of at least 4 members (excludes halogenated alkanes) is 14. The number of ketones is 5. The second-order valence-corrected chi connectivity index (χ2v) is 28.5. The van der Waals surface area contributed by atoms with Gasteiger partial charge in [-0.15, -0.1) is 0 Å². The number of hydrogen-bond donors (Lipinski definition) is 13. The Hall–Kier alpha value is -7.19. The number of phenols is 1. The van der Waals surface area contributed by atoms with Gasteiger partial charge in [0.05, 0.1) is 24.2 Å². The van der Waals surface area contributed by atoms with Crippen LogP contribution < -0.4 is 61.0 Å². The van der Waals surface area contributed by atoms with Crippen molar-refractivity contribution in [3.05, 3.63) is 29.8 Å². The minimum atomic E-state index is -1.34. The topological polar surface area (TPSA) is 474 Å². The summed E-state index contributed by atoms with van der Waals surface area (Å²) in [6, 6.07) is 1.58. The third-order valence-corrected chi connectivity index (χ3v) is 18.9. The van der Waals surface area contributed by atoms with Gasteiger partial charge in [0.1, 0.15) is 17.6 Å². The molecule has 0 aliphatic rings. The second kappa shape index (κ2) is 55.4. The molecular weight excluding hydrogens is 1300 g/mol. The molecule has 0 heterocycles. The van der Waals surface area contributed by atoms with Gasteiger partial charge in [0, 0.05) is 94.0 Å². The average molecular weight is 1440 g/mol. The Morgan fingerprint density at radius 3 is 1.42 bits per heavy atom. The molecule has 7 amide bonds. The minimum Gasteiger partial charge on any atom is -0.508 e. The first-order chi connectivity index (χ1) is 48.3. The van der Waals surface area contributed by atoms with Crippen molar-refractivity contribution in [1.29, 1.82) is 0 Å². The lowest BCUT2D eigenvalue weighted by molar-refractivity contribution is -0.137. The highest BCUT2D eigenvalue weighted by molar-refractivity contribution is 5.98. The monoisotopic (exact) mass is 1440 g/mol. The van der Waals surface area contributed by atoms with Crippen LogP contribution in [-0.2, 0) is 64.0 Å². The smallest absolute Gasteiger partial charge is 0.224 e. The second-order valence-electron chi connectivity index (χ2n) is 28.5. The zero-order valence-electron chi connectivity index (χ0n) is 63.6. The van der Waals surface area contributed by atoms with E-state index >= 15 is 0 Å². The quantitative estimate of drug-likeness (QED) is 0.0181. The zero-order valence-corrected chi connectivity index (χ0v) is 63.6. The van der Waals surface area contributed by atoms with Crippen molar-refractivity contribution in [1.82, 2.24) is 26.6 Å². The molecule has 26 nitrogen and oxygen atoms in total. The number of nitrogens with two attached hydrogens (primary N) is 6. The number of amides is 7. The predicted molar refractivity (Wildman–Crippen MR) is 399 cm³/mol. The van der Waals surface area contributed by atoms with E-state index in [2.05, 4.69) is 38.5 Å². The van der Waals surface area contributed by atoms with E-state index in [0.29, 0.717) is 63.6 Å². The molecule has 26 heteroatoms. The standard InChI is InChI=1S/C56H97N9O10.C20H37N3O4/c1-6-8-9-10-11-12-13-14-15-16-17-18-19-25-51(72)65-52(39(4)66)49(70)37-44(38(3)7-2)55(75)64-46(30-31-50(58)71)48(69)36-42(34-40-26-28-43(67)29-27-40)54(74)63-45(24-22-33-62-56(59)60)47(68)35-41(53(73)61-5)23-20-21-32-57;1-12(2)15(11-17(24)13(3)4)20(27)23-16(8-6-7-9-21)18(25)10-14(5)19(22)26/h26-29,38-39,41-42,44-46,52,66-67H,6-25,30-37,57H2,1-5H3,(H2,58,71)(H,61,73)(H,63,74)(H,64,75)(H,65,72)(H4,59,60,62);12-16H,6-11,21H2,1-5H3,(H2,22,26)(H,23,27)/t38-,39+,41+,42+,44-,45-,46-,52-;14-,15+,16+/m01/s1. The summed E-state index contributed by atoms with van der Waals surface area (Å²) in [5.74, 6) is -10.2. The minimum absolute atomic E-state index is 0.0137. The highest BCUT2D eigenvalue weighted by Crippen LogP contribution is 2.26. The molecule has 0 saturated carbocycles. The number of guanidine groups is 1. The Morgan fingerprint density at radius 1 is 0.480 bits per heavy atom. The van der Waals surface area contributed by atoms with Crippen molar-refractivity contribution in [3.63, 3.8) is 0 Å². The number of aliphatic imine (C=N–C) groups is 1. The molecule has 0 radical (unpaired) electrons. The number of nitrogens with zero attached hydrogens (tertiary/aromatic N) is 1. The number of phenolic OH excluding ortho intramolecular Hbond substituents is 1. The highest BCUT2D eigenvalue weighted by Gasteiger charge is 2.37. The number of carbonyl (C=O) groups excluding carboxylic acids is 12. The van der Waals surface area contributed by atoms with Crippen LogP contribution in [0.5, 0.6) is 5.75 Å². The van der Waals surface area contributed by atoms with Gasteiger partial charge in [-0.3, -0.25) is 62.5 Å². The van der Waals surface area contributed by atoms with Crippen LogP contribution in [0.15, 0.2) is 29.3 Å². The maximum Gasteiger partial charge on any atom is 0.224 e. The first-order valence-electron chi connectivity index (χ1n) is 37.8. The fourth-order valence-corrected chi connectivity index (χ4v) is 11.9. The average Bonchev–Trinajstić information content (AvgIpc) is 0.853. The molecule has 1 rings (SSSR count). The number of aromatic hydroxyl groups is 1. The van der Waals surface area contributed by atoms with Gasteiger partial charge in [0.15, 0.2) is 29.1 Å². The fourth-order valence-electron chi connectivity index (χ4n) is 11.9. The number of hydrogen-bond acceptors (Lipinski definition) is 17. The predicted octanol–water partition coefficient (Wildman–Crippen LogP) is 6.79. The Morgan fingerprint density at radius 2 is 0.951 bits per heavy atom. The molecule has 0 saturated heterocycles. The van der Waals surface area contributed by atoms with E-state index in [1.807, 2.05) is 34.6 Å². The van der Waals surface area contributed by atoms with Gasteiger partial charge in [-0.2, -0.15) is 0 Å². The lowest BCUT2D eigenvalue weighted by Crippen LogP contribution is -2.51. The molecule has 0 unspecified atom stereocenters. The van der Waals surface area contributed by atoms with Gasteiger partial charge >= 0.3 is 0 Å². The van der Waals surface area contributed by atoms with Crippen molar-refractivity contribution < 1.29 is 67.7 Å². The highest BCUT2D eigenvalue weighted by atomic mass is 16.3. The summed E-state index contributed by atoms with van der Waals surface area (Å²) >= 11 is 0. The van der Waals surface area contributed by atoms with Crippen LogP contribution in [0.25, 0.3) is 0 Å². The van der Waals surface area contributed by atoms with Crippen molar-refractivity contribution in [2.75, 3.05) is 26.7 Å². The zero-order chi connectivity index (χ0) is 77.3. The Bertz CT molecular complexity index is 2700. The normalized spacial score (nSPS) is 14.5. The SMILES string of the molecule is CC(C)C(=O)C[C@H](C(=O)N[C@@H](CCCCN)C(=O)C[C@@H](C)C(N)=O)C(C)C.CCCCCCCCCCCCCCCC(=O)N[C@H](C(=O)C[C@H](C(=O)N[C@@H](CCC(N)=O)C(=O)C[C@@H](Cc1ccc(O)cc1)C(=O)N[C@@H](CCCN=C(N)N)C(=O)C[C@@H](CCCCN)C(=O)NC)[C@@H](C)CC)[C@@H](C)O. The van der Waals surface area contributed by atoms with Crippen LogP contribution >= 0.6 is 0 Å². The third-order valence-electron chi connectivity index (χ3n) is 18.9. The molecule has 0 aromatic heterocycles. The van der Waals surface area contributed by atoms with Crippen molar-refractivity contribution in [3.8, 4) is 5.75 Å². The summed E-state index contributed by atoms with van der Waals surface area (Å²) in [5, 5.41) is 34.4. The van der Waals surface area contributed by atoms with Gasteiger partial charge in [-0.25, -0.2) is 0 Å². The van der Waals surface area contributed by atoms with E-state index in [9.17, 15) is 67.7 Å². The van der Waals surface area contributed by atoms with Crippen LogP contribution in [0.2, 0.25) is 0 Å². The number of Topliss-reactive ketones (excluding diaryl/α,β-unsaturated/α-hetero) is 5. The van der Waals surface area contributed by atoms with Gasteiger partial charge in [-0.1, -0.05) is 157 Å². The molecule has 0 spiro atoms. The Kier molecular flexibility index (Phi) is 51.5. The van der Waals surface area contributed by atoms with Crippen molar-refractivity contribution in [2.24, 2.45) is 86.7 Å². The van der Waals surface area contributed by atoms with Crippen LogP contribution in [0.1, 0.15) is 261 Å². The maximum atomic E-state index is 14.5. The molecule has 1 aromatic rings. The van der Waals surface area contributed by atoms with Crippen molar-refractivity contribution in [2.45, 2.75) is 292 Å². The summed E-state index contributed by atoms with van der Waals surface area (Å²) in [6.07, 6.45) is 16.8. The number of rotatable bonds is 59. The summed E-state index contributed by atoms with van der Waals surface area (Å²) < 4.78 is 0. The van der Waals surface area contributed by atoms with E-state index in [0.717, 1.165) is 32.1 Å². The van der Waals surface area contributed by atoms with Crippen LogP contribution in [0.4, 0.5) is 0 Å². The molecule has 102 heavy (non-hydrogen) atoms. The summed E-state index contributed by atoms with van der Waals surface area (Å²) in [7, 11) is 1.47.